The molecule has 3 aliphatic heterocycles. The summed E-state index contributed by atoms with van der Waals surface area (Å²) < 4.78 is 10.8. The Morgan fingerprint density at radius 1 is 1.07 bits per heavy atom. The molecular formula is C21H20N2O4S. The second-order valence-electron chi connectivity index (χ2n) is 7.07. The second kappa shape index (κ2) is 6.17. The first-order valence-electron chi connectivity index (χ1n) is 9.25. The predicted octanol–water partition coefficient (Wildman–Crippen LogP) is 2.93. The zero-order valence-corrected chi connectivity index (χ0v) is 16.5. The Morgan fingerprint density at radius 3 is 2.68 bits per heavy atom. The summed E-state index contributed by atoms with van der Waals surface area (Å²) in [6, 6.07) is 11.4. The summed E-state index contributed by atoms with van der Waals surface area (Å²) in [5.74, 6) is 1.26. The van der Waals surface area contributed by atoms with Gasteiger partial charge in [-0.05, 0) is 30.5 Å². The molecule has 2 aromatic rings. The summed E-state index contributed by atoms with van der Waals surface area (Å²) in [6.45, 7) is 0.694. The summed E-state index contributed by atoms with van der Waals surface area (Å²) in [6.07, 6.45) is 1.89. The lowest BCUT2D eigenvalue weighted by atomic mass is 9.98. The van der Waals surface area contributed by atoms with E-state index < -0.39 is 4.87 Å². The molecule has 2 aromatic carbocycles. The van der Waals surface area contributed by atoms with E-state index in [0.717, 1.165) is 24.1 Å². The van der Waals surface area contributed by atoms with Gasteiger partial charge in [-0.15, -0.1) is 11.8 Å². The van der Waals surface area contributed by atoms with Gasteiger partial charge in [-0.25, -0.2) is 0 Å². The van der Waals surface area contributed by atoms with E-state index in [0.29, 0.717) is 23.7 Å². The molecule has 28 heavy (non-hydrogen) atoms. The van der Waals surface area contributed by atoms with Crippen molar-refractivity contribution in [2.45, 2.75) is 17.7 Å². The molecule has 1 saturated heterocycles. The van der Waals surface area contributed by atoms with Crippen molar-refractivity contribution in [3.05, 3.63) is 47.5 Å². The van der Waals surface area contributed by atoms with E-state index in [1.54, 1.807) is 31.3 Å². The Labute approximate surface area is 167 Å². The molecule has 6 nitrogen and oxygen atoms in total. The fourth-order valence-electron chi connectivity index (χ4n) is 4.54. The number of para-hydroxylation sites is 1. The van der Waals surface area contributed by atoms with Crippen LogP contribution < -0.4 is 19.3 Å². The highest BCUT2D eigenvalue weighted by Crippen LogP contribution is 2.57. The van der Waals surface area contributed by atoms with Crippen LogP contribution in [0.2, 0.25) is 0 Å². The van der Waals surface area contributed by atoms with Crippen molar-refractivity contribution in [2.24, 2.45) is 0 Å². The van der Waals surface area contributed by atoms with Gasteiger partial charge in [0.1, 0.15) is 0 Å². The molecule has 1 atom stereocenters. The summed E-state index contributed by atoms with van der Waals surface area (Å²) >= 11 is 1.41. The number of hydrogen-bond donors (Lipinski definition) is 0. The Hall–Kier alpha value is -2.67. The van der Waals surface area contributed by atoms with Crippen molar-refractivity contribution in [3.8, 4) is 11.5 Å². The first kappa shape index (κ1) is 17.4. The second-order valence-corrected chi connectivity index (χ2v) is 8.24. The number of anilines is 2. The Bertz CT molecular complexity index is 1010. The highest BCUT2D eigenvalue weighted by atomic mass is 32.2. The van der Waals surface area contributed by atoms with Crippen LogP contribution in [0.15, 0.2) is 36.4 Å². The maximum atomic E-state index is 13.7. The summed E-state index contributed by atoms with van der Waals surface area (Å²) in [7, 11) is 3.13. The molecule has 1 spiro atoms. The lowest BCUT2D eigenvalue weighted by Crippen LogP contribution is -2.50. The number of thioether (sulfide) groups is 1. The van der Waals surface area contributed by atoms with E-state index in [4.69, 9.17) is 9.47 Å². The monoisotopic (exact) mass is 396 g/mol. The third-order valence-electron chi connectivity index (χ3n) is 5.71. The molecule has 3 aliphatic rings. The largest absolute Gasteiger partial charge is 0.493 e. The minimum Gasteiger partial charge on any atom is -0.493 e. The highest BCUT2D eigenvalue weighted by Gasteiger charge is 2.61. The van der Waals surface area contributed by atoms with Gasteiger partial charge in [-0.1, -0.05) is 18.2 Å². The van der Waals surface area contributed by atoms with Gasteiger partial charge in [0.15, 0.2) is 11.5 Å². The van der Waals surface area contributed by atoms with Crippen molar-refractivity contribution in [1.29, 1.82) is 0 Å². The average molecular weight is 396 g/mol. The molecule has 3 heterocycles. The van der Waals surface area contributed by atoms with Crippen LogP contribution in [0.1, 0.15) is 17.5 Å². The minimum atomic E-state index is -1.05. The molecule has 0 aromatic heterocycles. The van der Waals surface area contributed by atoms with E-state index in [1.165, 1.54) is 17.3 Å². The smallest absolute Gasteiger partial charge is 0.268 e. The van der Waals surface area contributed by atoms with Gasteiger partial charge in [0.05, 0.1) is 25.7 Å². The van der Waals surface area contributed by atoms with Gasteiger partial charge < -0.3 is 14.4 Å². The quantitative estimate of drug-likeness (QED) is 0.798. The van der Waals surface area contributed by atoms with Crippen LogP contribution in [0, 0.1) is 0 Å². The molecule has 1 fully saturated rings. The normalized spacial score (nSPS) is 22.8. The Kier molecular flexibility index (Phi) is 3.84. The molecule has 144 valence electrons. The van der Waals surface area contributed by atoms with E-state index in [1.807, 2.05) is 23.1 Å². The number of carbonyl (C=O) groups excluding carboxylic acids is 2. The van der Waals surface area contributed by atoms with Gasteiger partial charge >= 0.3 is 0 Å². The van der Waals surface area contributed by atoms with Gasteiger partial charge in [0, 0.05) is 23.9 Å². The maximum absolute atomic E-state index is 13.7. The van der Waals surface area contributed by atoms with Crippen molar-refractivity contribution >= 4 is 35.0 Å². The van der Waals surface area contributed by atoms with Gasteiger partial charge in [0.2, 0.25) is 10.8 Å². The van der Waals surface area contributed by atoms with Gasteiger partial charge in [-0.2, -0.15) is 0 Å². The predicted molar refractivity (Wildman–Crippen MR) is 108 cm³/mol. The fraction of sp³-hybridized carbons (Fsp3) is 0.333. The summed E-state index contributed by atoms with van der Waals surface area (Å²) in [5.41, 5.74) is 3.73. The number of rotatable bonds is 3. The van der Waals surface area contributed by atoms with Gasteiger partial charge in [0.25, 0.3) is 5.91 Å². The van der Waals surface area contributed by atoms with Gasteiger partial charge in [-0.3, -0.25) is 14.5 Å². The molecule has 2 amide bonds. The van der Waals surface area contributed by atoms with Crippen molar-refractivity contribution < 1.29 is 19.1 Å². The van der Waals surface area contributed by atoms with Crippen molar-refractivity contribution in [3.63, 3.8) is 0 Å². The van der Waals surface area contributed by atoms with Crippen LogP contribution in [-0.2, 0) is 20.9 Å². The number of fused-ring (bicyclic) bond motifs is 1. The first-order valence-corrected chi connectivity index (χ1v) is 10.2. The number of methoxy groups -OCH3 is 2. The van der Waals surface area contributed by atoms with E-state index in [2.05, 4.69) is 6.07 Å². The summed E-state index contributed by atoms with van der Waals surface area (Å²) in [5, 5.41) is 0. The van der Waals surface area contributed by atoms with Crippen LogP contribution in [0.4, 0.5) is 11.4 Å². The van der Waals surface area contributed by atoms with E-state index in [9.17, 15) is 9.59 Å². The maximum Gasteiger partial charge on any atom is 0.268 e. The van der Waals surface area contributed by atoms with Crippen molar-refractivity contribution in [2.75, 3.05) is 36.3 Å². The molecule has 5 rings (SSSR count). The van der Waals surface area contributed by atoms with Crippen molar-refractivity contribution in [1.82, 2.24) is 0 Å². The SMILES string of the molecule is COc1ccc(N2C(=O)CS[C@]23C(=O)N2CCCc4cccc3c42)cc1OC. The van der Waals surface area contributed by atoms with Crippen LogP contribution >= 0.6 is 11.8 Å². The number of amides is 2. The van der Waals surface area contributed by atoms with Crippen LogP contribution in [0.5, 0.6) is 11.5 Å². The lowest BCUT2D eigenvalue weighted by Gasteiger charge is -2.33. The molecule has 0 N–H and O–H groups in total. The van der Waals surface area contributed by atoms with Crippen LogP contribution in [-0.4, -0.2) is 38.3 Å². The summed E-state index contributed by atoms with van der Waals surface area (Å²) in [4.78, 5) is 29.1. The third kappa shape index (κ3) is 2.11. The van der Waals surface area contributed by atoms with Crippen LogP contribution in [0.3, 0.4) is 0 Å². The number of nitrogens with zero attached hydrogens (tertiary/aromatic N) is 2. The average Bonchev–Trinajstić information content (AvgIpc) is 3.20. The standard InChI is InChI=1S/C21H20N2O4S/c1-26-16-9-8-14(11-17(16)27-2)23-18(24)12-28-21(23)15-7-3-5-13-6-4-10-22(19(13)15)20(21)25/h3,5,7-9,11H,4,6,10,12H2,1-2H3/t21-/m1/s1. The molecule has 0 radical (unpaired) electrons. The first-order chi connectivity index (χ1) is 13.6. The number of hydrogen-bond acceptors (Lipinski definition) is 5. The number of ether oxygens (including phenoxy) is 2. The lowest BCUT2D eigenvalue weighted by molar-refractivity contribution is -0.123. The zero-order valence-electron chi connectivity index (χ0n) is 15.7. The molecule has 0 saturated carbocycles. The molecular weight excluding hydrogens is 376 g/mol. The number of carbonyl (C=O) groups is 2. The zero-order chi connectivity index (χ0) is 19.5. The molecule has 7 heteroatoms. The van der Waals surface area contributed by atoms with Crippen LogP contribution in [0.25, 0.3) is 0 Å². The topological polar surface area (TPSA) is 59.1 Å². The van der Waals surface area contributed by atoms with E-state index >= 15 is 0 Å². The van der Waals surface area contributed by atoms with E-state index in [-0.39, 0.29) is 17.6 Å². The molecule has 0 aliphatic carbocycles. The Morgan fingerprint density at radius 2 is 1.89 bits per heavy atom. The minimum absolute atomic E-state index is 0.0275. The highest BCUT2D eigenvalue weighted by molar-refractivity contribution is 8.02. The fourth-order valence-corrected chi connectivity index (χ4v) is 5.89. The Balaban J connectivity index is 1.71. The molecule has 0 bridgehead atoms. The third-order valence-corrected chi connectivity index (χ3v) is 7.10. The number of benzene rings is 2. The molecule has 0 unspecified atom stereocenters. The number of aryl methyl sites for hydroxylation is 1.